The second kappa shape index (κ2) is 19.9. The predicted octanol–water partition coefficient (Wildman–Crippen LogP) is 16.5. The molecule has 11 aromatic rings. The van der Waals surface area contributed by atoms with Gasteiger partial charge in [-0.2, -0.15) is 0 Å². The number of hydrogen-bond donors (Lipinski definition) is 1. The van der Waals surface area contributed by atoms with Crippen molar-refractivity contribution in [1.82, 2.24) is 19.5 Å². The molecule has 0 spiro atoms. The van der Waals surface area contributed by atoms with E-state index in [-0.39, 0.29) is 36.6 Å². The van der Waals surface area contributed by atoms with Gasteiger partial charge in [-0.1, -0.05) is 180 Å². The van der Waals surface area contributed by atoms with Crippen LogP contribution in [-0.4, -0.2) is 30.6 Å². The van der Waals surface area contributed by atoms with E-state index in [0.717, 1.165) is 83.7 Å². The number of nitrogens with zero attached hydrogens (tertiary/aromatic N) is 4. The fraction of sp³-hybridized carbons (Fsp3) is 0.175. The first-order valence-electron chi connectivity index (χ1n) is 24.0. The summed E-state index contributed by atoms with van der Waals surface area (Å²) in [5.41, 5.74) is 16.1. The summed E-state index contributed by atoms with van der Waals surface area (Å²) in [4.78, 5) is 25.6. The molecule has 0 aliphatic rings. The number of rotatable bonds is 8. The quantitative estimate of drug-likeness (QED) is 0.152. The maximum absolute atomic E-state index is 13.9. The Morgan fingerprint density at radius 3 is 2.03 bits per heavy atom. The Morgan fingerprint density at radius 2 is 1.36 bits per heavy atom. The first kappa shape index (κ1) is 49.4. The van der Waals surface area contributed by atoms with Crippen molar-refractivity contribution in [1.29, 1.82) is 0 Å². The summed E-state index contributed by atoms with van der Waals surface area (Å²) >= 11 is 0. The predicted molar refractivity (Wildman–Crippen MR) is 286 cm³/mol. The number of pyridine rings is 2. The van der Waals surface area contributed by atoms with Gasteiger partial charge in [-0.3, -0.25) is 19.2 Å². The topological polar surface area (TPSA) is 94.0 Å². The third kappa shape index (κ3) is 9.27. The van der Waals surface area contributed by atoms with E-state index in [2.05, 4.69) is 192 Å². The van der Waals surface area contributed by atoms with E-state index in [1.807, 2.05) is 18.2 Å². The summed E-state index contributed by atoms with van der Waals surface area (Å²) in [6, 6.07) is 57.0. The van der Waals surface area contributed by atoms with Crippen LogP contribution in [0.2, 0.25) is 0 Å². The van der Waals surface area contributed by atoms with Crippen LogP contribution < -0.4 is 0 Å². The van der Waals surface area contributed by atoms with E-state index in [4.69, 9.17) is 19.5 Å². The number of carboxylic acid groups (broad SMARTS) is 1. The van der Waals surface area contributed by atoms with E-state index in [1.165, 1.54) is 34.0 Å². The minimum absolute atomic E-state index is 0. The zero-order chi connectivity index (χ0) is 49.7. The van der Waals surface area contributed by atoms with Gasteiger partial charge in [-0.15, -0.1) is 30.3 Å². The summed E-state index contributed by atoms with van der Waals surface area (Å²) < 4.78 is 23.1. The van der Waals surface area contributed by atoms with Crippen LogP contribution in [0.15, 0.2) is 162 Å². The number of carboxylic acids is 1. The van der Waals surface area contributed by atoms with E-state index >= 15 is 0 Å². The Bertz CT molecular complexity index is 3790. The van der Waals surface area contributed by atoms with Gasteiger partial charge in [0.25, 0.3) is 5.97 Å². The number of aryl methyl sites for hydroxylation is 1. The summed E-state index contributed by atoms with van der Waals surface area (Å²) in [5.74, 6) is -0.421. The molecular formula is C63H53FIrN4O3-2. The molecule has 0 unspecified atom stereocenters. The molecule has 11 rings (SSSR count). The molecule has 7 nitrogen and oxygen atoms in total. The first-order chi connectivity index (χ1) is 34.2. The van der Waals surface area contributed by atoms with E-state index in [9.17, 15) is 9.18 Å². The van der Waals surface area contributed by atoms with Gasteiger partial charge in [0.05, 0.1) is 33.7 Å². The maximum atomic E-state index is 13.9. The molecule has 4 aromatic heterocycles. The van der Waals surface area contributed by atoms with Crippen LogP contribution in [-0.2, 0) is 25.5 Å². The molecule has 0 amide bonds. The standard InChI is InChI=1S/C47H38N3O.C16H15FNO2.Ir/c1-28(2)35-19-12-20-36(29(3)4)45(35)50-44-30(5)48-41-23-10-9-18-39(41)43(44)49-47(50)40-22-13-21-38-37-25-24-34(27-42(37)51-46(38)40)33-17-11-16-32(26-33)31-14-7-6-8-15-31;1-16(2,3)11-5-7-14(18-9-11)12-6-4-10(15(19)20)8-13(12)17;/h6-21,23-29H,1-5H3;4-5,7-9H,1-3H3,(H,19,20);/q2*-1;. The molecular weight excluding hydrogens is 1070 g/mol. The monoisotopic (exact) mass is 1130 g/mol. The molecule has 7 aromatic carbocycles. The Labute approximate surface area is 432 Å². The third-order valence-corrected chi connectivity index (χ3v) is 13.2. The first-order valence-corrected chi connectivity index (χ1v) is 24.0. The second-order valence-electron chi connectivity index (χ2n) is 19.7. The number of fused-ring (bicyclic) bond motifs is 6. The SMILES string of the molecule is CC(C)(C)c1ccc(-c2[c-]cc(C(=O)O)cc2F)nc1.Cc1nc2ccccc2c2nc(-c3[c-]ccc4c3oc3cc(-c5cccc(-c6ccccc6)c5)ccc34)n(-c3c(C(C)C)cccc3C(C)C)c12.[Ir]. The Morgan fingerprint density at radius 1 is 0.694 bits per heavy atom. The second-order valence-corrected chi connectivity index (χ2v) is 19.7. The summed E-state index contributed by atoms with van der Waals surface area (Å²) in [6.45, 7) is 17.4. The molecule has 0 aliphatic heterocycles. The molecule has 1 radical (unpaired) electrons. The third-order valence-electron chi connectivity index (χ3n) is 13.2. The molecule has 0 bridgehead atoms. The van der Waals surface area contributed by atoms with Gasteiger partial charge in [0.1, 0.15) is 5.58 Å². The van der Waals surface area contributed by atoms with Gasteiger partial charge in [0.2, 0.25) is 0 Å². The van der Waals surface area contributed by atoms with Crippen LogP contribution >= 0.6 is 0 Å². The van der Waals surface area contributed by atoms with Crippen molar-refractivity contribution in [2.45, 2.75) is 72.6 Å². The molecule has 0 fully saturated rings. The number of furan rings is 1. The molecule has 4 heterocycles. The molecule has 72 heavy (non-hydrogen) atoms. The molecule has 361 valence electrons. The van der Waals surface area contributed by atoms with Gasteiger partial charge in [-0.05, 0) is 92.6 Å². The fourth-order valence-electron chi connectivity index (χ4n) is 9.47. The number of halogens is 1. The van der Waals surface area contributed by atoms with Crippen molar-refractivity contribution in [3.63, 3.8) is 0 Å². The smallest absolute Gasteiger partial charge is 0.292 e. The number of imidazole rings is 1. The van der Waals surface area contributed by atoms with Crippen molar-refractivity contribution in [3.05, 3.63) is 204 Å². The average Bonchev–Trinajstić information content (AvgIpc) is 3.96. The minimum Gasteiger partial charge on any atom is -0.501 e. The number of para-hydroxylation sites is 2. The van der Waals surface area contributed by atoms with Crippen LogP contribution in [0.4, 0.5) is 4.39 Å². The van der Waals surface area contributed by atoms with Crippen LogP contribution in [0.5, 0.6) is 0 Å². The maximum Gasteiger partial charge on any atom is 0.292 e. The minimum atomic E-state index is -1.18. The van der Waals surface area contributed by atoms with E-state index in [0.29, 0.717) is 17.5 Å². The molecule has 0 saturated carbocycles. The summed E-state index contributed by atoms with van der Waals surface area (Å²) in [6.07, 6.45) is 1.70. The molecule has 0 atom stereocenters. The Kier molecular flexibility index (Phi) is 13.7. The molecule has 9 heteroatoms. The van der Waals surface area contributed by atoms with E-state index < -0.39 is 11.8 Å². The Hall–Kier alpha value is -7.58. The van der Waals surface area contributed by atoms with Crippen molar-refractivity contribution < 1.29 is 38.8 Å². The zero-order valence-electron chi connectivity index (χ0n) is 41.4. The van der Waals surface area contributed by atoms with Crippen molar-refractivity contribution >= 4 is 49.8 Å². The van der Waals surface area contributed by atoms with Gasteiger partial charge >= 0.3 is 0 Å². The number of aromatic nitrogens is 4. The number of carbonyl (C=O) groups is 1. The summed E-state index contributed by atoms with van der Waals surface area (Å²) in [7, 11) is 0. The largest absolute Gasteiger partial charge is 0.501 e. The summed E-state index contributed by atoms with van der Waals surface area (Å²) in [5, 5.41) is 11.9. The number of aromatic carboxylic acids is 1. The van der Waals surface area contributed by atoms with Crippen molar-refractivity contribution in [2.24, 2.45) is 0 Å². The van der Waals surface area contributed by atoms with Gasteiger partial charge in [-0.25, -0.2) is 0 Å². The zero-order valence-corrected chi connectivity index (χ0v) is 43.8. The van der Waals surface area contributed by atoms with Crippen molar-refractivity contribution in [3.8, 4) is 50.6 Å². The molecule has 0 aliphatic carbocycles. The van der Waals surface area contributed by atoms with Crippen LogP contribution in [0.3, 0.4) is 0 Å². The van der Waals surface area contributed by atoms with E-state index in [1.54, 1.807) is 12.3 Å². The molecule has 0 saturated heterocycles. The average molecular weight is 1130 g/mol. The number of hydrogen-bond acceptors (Lipinski definition) is 5. The van der Waals surface area contributed by atoms with Crippen LogP contribution in [0, 0.1) is 24.9 Å². The van der Waals surface area contributed by atoms with Gasteiger partial charge in [0.15, 0.2) is 0 Å². The van der Waals surface area contributed by atoms with Gasteiger partial charge in [0, 0.05) is 48.6 Å². The van der Waals surface area contributed by atoms with Crippen molar-refractivity contribution in [2.75, 3.05) is 0 Å². The Balaban J connectivity index is 0.000000257. The fourth-order valence-corrected chi connectivity index (χ4v) is 9.47. The van der Waals surface area contributed by atoms with Crippen LogP contribution in [0.25, 0.3) is 94.5 Å². The molecule has 1 N–H and O–H groups in total. The number of benzene rings is 7. The van der Waals surface area contributed by atoms with Crippen LogP contribution in [0.1, 0.15) is 93.0 Å². The van der Waals surface area contributed by atoms with Gasteiger partial charge < -0.3 is 19.1 Å². The normalized spacial score (nSPS) is 11.7.